The van der Waals surface area contributed by atoms with Crippen LogP contribution in [0, 0.1) is 0 Å². The Morgan fingerprint density at radius 2 is 2.20 bits per heavy atom. The van der Waals surface area contributed by atoms with E-state index in [4.69, 9.17) is 16.6 Å². The van der Waals surface area contributed by atoms with Crippen LogP contribution in [-0.2, 0) is 6.42 Å². The van der Waals surface area contributed by atoms with Crippen LogP contribution in [0.25, 0.3) is 11.0 Å². The van der Waals surface area contributed by atoms with Crippen LogP contribution in [0.2, 0.25) is 0 Å². The van der Waals surface area contributed by atoms with Crippen molar-refractivity contribution in [2.24, 2.45) is 0 Å². The van der Waals surface area contributed by atoms with E-state index in [0.717, 1.165) is 23.0 Å². The highest BCUT2D eigenvalue weighted by molar-refractivity contribution is 7.99. The van der Waals surface area contributed by atoms with Gasteiger partial charge in [-0.3, -0.25) is 0 Å². The van der Waals surface area contributed by atoms with Crippen molar-refractivity contribution in [3.05, 3.63) is 30.1 Å². The zero-order valence-electron chi connectivity index (χ0n) is 11.9. The molecule has 2 unspecified atom stereocenters. The summed E-state index contributed by atoms with van der Waals surface area (Å²) in [5.41, 5.74) is 2.39. The minimum absolute atomic E-state index is 0.590. The standard InChI is InChI=1S/C16H21ClN2S/c1-20-13-6-4-5-12(11-13)19-15-8-3-2-7-14(15)18-16(19)9-10-17/h2-3,7-8,12-13H,4-6,9-11H2,1H3. The van der Waals surface area contributed by atoms with Crippen LogP contribution in [0.15, 0.2) is 24.3 Å². The highest BCUT2D eigenvalue weighted by Gasteiger charge is 2.25. The number of alkyl halides is 1. The molecule has 108 valence electrons. The molecule has 0 spiro atoms. The van der Waals surface area contributed by atoms with Gasteiger partial charge in [-0.25, -0.2) is 4.98 Å². The lowest BCUT2D eigenvalue weighted by Gasteiger charge is -2.30. The van der Waals surface area contributed by atoms with Crippen LogP contribution in [0.4, 0.5) is 0 Å². The number of rotatable bonds is 4. The third kappa shape index (κ3) is 2.71. The molecule has 0 bridgehead atoms. The molecule has 0 aliphatic heterocycles. The molecule has 2 aromatic rings. The molecule has 2 atom stereocenters. The van der Waals surface area contributed by atoms with Gasteiger partial charge in [0.25, 0.3) is 0 Å². The van der Waals surface area contributed by atoms with E-state index in [9.17, 15) is 0 Å². The normalized spacial score (nSPS) is 23.3. The summed E-state index contributed by atoms with van der Waals surface area (Å²) in [7, 11) is 0. The molecule has 1 aliphatic rings. The fourth-order valence-corrected chi connectivity index (χ4v) is 4.32. The van der Waals surface area contributed by atoms with E-state index < -0.39 is 0 Å². The molecule has 1 aliphatic carbocycles. The third-order valence-electron chi connectivity index (χ3n) is 4.28. The number of para-hydroxylation sites is 2. The molecule has 20 heavy (non-hydrogen) atoms. The van der Waals surface area contributed by atoms with Crippen molar-refractivity contribution in [1.82, 2.24) is 9.55 Å². The number of imidazole rings is 1. The van der Waals surface area contributed by atoms with E-state index in [2.05, 4.69) is 35.1 Å². The van der Waals surface area contributed by atoms with Gasteiger partial charge in [-0.1, -0.05) is 18.6 Å². The predicted molar refractivity (Wildman–Crippen MR) is 89.0 cm³/mol. The number of hydrogen-bond acceptors (Lipinski definition) is 2. The molecule has 1 aromatic carbocycles. The first kappa shape index (κ1) is 14.3. The topological polar surface area (TPSA) is 17.8 Å². The Balaban J connectivity index is 2.01. The van der Waals surface area contributed by atoms with Crippen molar-refractivity contribution in [2.75, 3.05) is 12.1 Å². The quantitative estimate of drug-likeness (QED) is 0.764. The first-order valence-corrected chi connectivity index (χ1v) is 9.20. The van der Waals surface area contributed by atoms with Crippen molar-refractivity contribution in [1.29, 1.82) is 0 Å². The minimum atomic E-state index is 0.590. The molecule has 1 heterocycles. The van der Waals surface area contributed by atoms with Crippen molar-refractivity contribution >= 4 is 34.4 Å². The smallest absolute Gasteiger partial charge is 0.111 e. The summed E-state index contributed by atoms with van der Waals surface area (Å²) in [6, 6.07) is 9.07. The molecular formula is C16H21ClN2S. The van der Waals surface area contributed by atoms with Gasteiger partial charge in [-0.15, -0.1) is 11.6 Å². The van der Waals surface area contributed by atoms with Gasteiger partial charge >= 0.3 is 0 Å². The summed E-state index contributed by atoms with van der Waals surface area (Å²) < 4.78 is 2.47. The number of benzene rings is 1. The van der Waals surface area contributed by atoms with E-state index in [0.29, 0.717) is 11.9 Å². The Kier molecular flexibility index (Phi) is 4.57. The SMILES string of the molecule is CSC1CCCC(n2c(CCCl)nc3ccccc32)C1. The molecule has 1 fully saturated rings. The van der Waals surface area contributed by atoms with Crippen LogP contribution < -0.4 is 0 Å². The summed E-state index contributed by atoms with van der Waals surface area (Å²) in [5.74, 6) is 1.80. The van der Waals surface area contributed by atoms with Gasteiger partial charge in [0.1, 0.15) is 5.82 Å². The molecule has 1 aromatic heterocycles. The molecule has 0 radical (unpaired) electrons. The Hall–Kier alpha value is -0.670. The number of nitrogens with zero attached hydrogens (tertiary/aromatic N) is 2. The van der Waals surface area contributed by atoms with Gasteiger partial charge in [-0.2, -0.15) is 11.8 Å². The van der Waals surface area contributed by atoms with Crippen LogP contribution in [0.1, 0.15) is 37.5 Å². The Labute approximate surface area is 129 Å². The Bertz CT molecular complexity index is 581. The number of hydrogen-bond donors (Lipinski definition) is 0. The Morgan fingerprint density at radius 1 is 1.35 bits per heavy atom. The van der Waals surface area contributed by atoms with E-state index in [1.165, 1.54) is 31.2 Å². The molecule has 4 heteroatoms. The number of fused-ring (bicyclic) bond motifs is 1. The second-order valence-electron chi connectivity index (χ2n) is 5.50. The van der Waals surface area contributed by atoms with Crippen LogP contribution in [0.5, 0.6) is 0 Å². The number of aryl methyl sites for hydroxylation is 1. The zero-order valence-corrected chi connectivity index (χ0v) is 13.5. The van der Waals surface area contributed by atoms with Gasteiger partial charge < -0.3 is 4.57 Å². The van der Waals surface area contributed by atoms with Gasteiger partial charge in [-0.05, 0) is 37.7 Å². The largest absolute Gasteiger partial charge is 0.325 e. The lowest BCUT2D eigenvalue weighted by Crippen LogP contribution is -2.22. The number of aromatic nitrogens is 2. The monoisotopic (exact) mass is 308 g/mol. The lowest BCUT2D eigenvalue weighted by atomic mass is 9.94. The van der Waals surface area contributed by atoms with E-state index in [1.54, 1.807) is 0 Å². The molecule has 2 nitrogen and oxygen atoms in total. The van der Waals surface area contributed by atoms with Crippen molar-refractivity contribution in [2.45, 2.75) is 43.4 Å². The van der Waals surface area contributed by atoms with E-state index in [-0.39, 0.29) is 0 Å². The van der Waals surface area contributed by atoms with Crippen LogP contribution in [0.3, 0.4) is 0 Å². The first-order chi connectivity index (χ1) is 9.83. The summed E-state index contributed by atoms with van der Waals surface area (Å²) >= 11 is 7.98. The van der Waals surface area contributed by atoms with Crippen LogP contribution in [-0.4, -0.2) is 26.9 Å². The van der Waals surface area contributed by atoms with Gasteiger partial charge in [0.2, 0.25) is 0 Å². The molecule has 1 saturated carbocycles. The van der Waals surface area contributed by atoms with Gasteiger partial charge in [0, 0.05) is 23.6 Å². The summed E-state index contributed by atoms with van der Waals surface area (Å²) in [5, 5.41) is 0.791. The number of thioether (sulfide) groups is 1. The molecule has 3 rings (SSSR count). The summed E-state index contributed by atoms with van der Waals surface area (Å²) in [4.78, 5) is 4.80. The predicted octanol–water partition coefficient (Wildman–Crippen LogP) is 4.66. The second kappa shape index (κ2) is 6.40. The van der Waals surface area contributed by atoms with Crippen LogP contribution >= 0.6 is 23.4 Å². The van der Waals surface area contributed by atoms with Gasteiger partial charge in [0.05, 0.1) is 11.0 Å². The highest BCUT2D eigenvalue weighted by Crippen LogP contribution is 2.36. The second-order valence-corrected chi connectivity index (χ2v) is 7.02. The van der Waals surface area contributed by atoms with Crippen molar-refractivity contribution < 1.29 is 0 Å². The van der Waals surface area contributed by atoms with Crippen molar-refractivity contribution in [3.8, 4) is 0 Å². The zero-order chi connectivity index (χ0) is 13.9. The molecule has 0 saturated heterocycles. The molecular weight excluding hydrogens is 288 g/mol. The number of halogens is 1. The third-order valence-corrected chi connectivity index (χ3v) is 5.57. The summed E-state index contributed by atoms with van der Waals surface area (Å²) in [6.45, 7) is 0. The average Bonchev–Trinajstić information content (AvgIpc) is 2.85. The van der Waals surface area contributed by atoms with E-state index in [1.807, 2.05) is 11.8 Å². The fourth-order valence-electron chi connectivity index (χ4n) is 3.33. The summed E-state index contributed by atoms with van der Waals surface area (Å²) in [6.07, 6.45) is 8.30. The first-order valence-electron chi connectivity index (χ1n) is 7.38. The molecule has 0 N–H and O–H groups in total. The fraction of sp³-hybridized carbons (Fsp3) is 0.562. The maximum absolute atomic E-state index is 5.97. The maximum Gasteiger partial charge on any atom is 0.111 e. The van der Waals surface area contributed by atoms with Crippen molar-refractivity contribution in [3.63, 3.8) is 0 Å². The average molecular weight is 309 g/mol. The maximum atomic E-state index is 5.97. The lowest BCUT2D eigenvalue weighted by molar-refractivity contribution is 0.360. The minimum Gasteiger partial charge on any atom is -0.325 e. The molecule has 0 amide bonds. The van der Waals surface area contributed by atoms with Gasteiger partial charge in [0.15, 0.2) is 0 Å². The van der Waals surface area contributed by atoms with E-state index >= 15 is 0 Å². The highest BCUT2D eigenvalue weighted by atomic mass is 35.5. The Morgan fingerprint density at radius 3 is 3.00 bits per heavy atom.